The number of ether oxygens (including phenoxy) is 2. The summed E-state index contributed by atoms with van der Waals surface area (Å²) in [6.45, 7) is 13.3. The summed E-state index contributed by atoms with van der Waals surface area (Å²) in [6, 6.07) is 18.0. The SMILES string of the molecule is CCC12c3c(C)cc(C)cc3-c3ccc4ccccc4[n+]3C1(CC)C21OC(C)=CC(C)O1. The minimum atomic E-state index is -0.726. The van der Waals surface area contributed by atoms with Crippen LogP contribution in [-0.2, 0) is 20.4 Å². The van der Waals surface area contributed by atoms with E-state index in [1.807, 2.05) is 0 Å². The van der Waals surface area contributed by atoms with E-state index < -0.39 is 5.79 Å². The van der Waals surface area contributed by atoms with Gasteiger partial charge in [-0.15, -0.1) is 0 Å². The fraction of sp³-hybridized carbons (Fsp3) is 0.414. The number of para-hydroxylation sites is 1. The lowest BCUT2D eigenvalue weighted by atomic mass is 9.76. The van der Waals surface area contributed by atoms with Crippen LogP contribution in [0.1, 0.15) is 57.2 Å². The van der Waals surface area contributed by atoms with Gasteiger partial charge in [-0.2, -0.15) is 4.57 Å². The number of aryl methyl sites for hydroxylation is 2. The first kappa shape index (κ1) is 20.0. The monoisotopic (exact) mass is 426 g/mol. The predicted octanol–water partition coefficient (Wildman–Crippen LogP) is 6.23. The number of fused-ring (bicyclic) bond motifs is 10. The van der Waals surface area contributed by atoms with Crippen molar-refractivity contribution in [2.75, 3.05) is 0 Å². The van der Waals surface area contributed by atoms with Crippen molar-refractivity contribution in [1.82, 2.24) is 0 Å². The van der Waals surface area contributed by atoms with Gasteiger partial charge in [0.2, 0.25) is 11.2 Å². The van der Waals surface area contributed by atoms with E-state index in [9.17, 15) is 0 Å². The van der Waals surface area contributed by atoms with Gasteiger partial charge in [-0.05, 0) is 69.5 Å². The molecule has 1 aliphatic carbocycles. The number of allylic oxidation sites excluding steroid dienone is 1. The summed E-state index contributed by atoms with van der Waals surface area (Å²) in [5.41, 5.74) is 7.30. The zero-order chi connectivity index (χ0) is 22.5. The molecule has 3 aromatic rings. The zero-order valence-electron chi connectivity index (χ0n) is 20.0. The number of hydrogen-bond donors (Lipinski definition) is 0. The van der Waals surface area contributed by atoms with Gasteiger partial charge in [-0.3, -0.25) is 0 Å². The fourth-order valence-corrected chi connectivity index (χ4v) is 7.56. The molecule has 164 valence electrons. The molecule has 0 saturated heterocycles. The average Bonchev–Trinajstić information content (AvgIpc) is 3.25. The number of pyridine rings is 1. The Morgan fingerprint density at radius 3 is 2.47 bits per heavy atom. The lowest BCUT2D eigenvalue weighted by Crippen LogP contribution is -2.58. The minimum Gasteiger partial charge on any atom is -0.459 e. The van der Waals surface area contributed by atoms with E-state index in [1.165, 1.54) is 38.9 Å². The first-order valence-electron chi connectivity index (χ1n) is 12.0. The molecule has 32 heavy (non-hydrogen) atoms. The molecular formula is C29H32NO2+. The highest BCUT2D eigenvalue weighted by atomic mass is 16.7. The van der Waals surface area contributed by atoms with E-state index in [-0.39, 0.29) is 17.1 Å². The fourth-order valence-electron chi connectivity index (χ4n) is 7.56. The van der Waals surface area contributed by atoms with Crippen molar-refractivity contribution in [3.05, 3.63) is 77.1 Å². The standard InChI is InChI=1S/C29H32NO2/c1-7-27-26-19(4)15-18(3)16-23(26)25-14-13-22-11-9-10-12-24(22)30(25)28(27,8-2)29(27)31-20(5)17-21(6)32-29/h9-17,20H,7-8H2,1-6H3/q+1. The largest absolute Gasteiger partial charge is 0.459 e. The maximum atomic E-state index is 6.92. The van der Waals surface area contributed by atoms with Crippen molar-refractivity contribution in [2.45, 2.75) is 77.2 Å². The Kier molecular flexibility index (Phi) is 3.89. The number of nitrogens with zero attached hydrogens (tertiary/aromatic N) is 1. The summed E-state index contributed by atoms with van der Waals surface area (Å²) in [7, 11) is 0. The number of aromatic nitrogens is 1. The zero-order valence-corrected chi connectivity index (χ0v) is 20.0. The van der Waals surface area contributed by atoms with Crippen LogP contribution < -0.4 is 4.57 Å². The quantitative estimate of drug-likeness (QED) is 0.454. The second-order valence-corrected chi connectivity index (χ2v) is 9.91. The molecule has 1 aromatic heterocycles. The molecule has 4 unspecified atom stereocenters. The van der Waals surface area contributed by atoms with Gasteiger partial charge in [0.1, 0.15) is 5.41 Å². The van der Waals surface area contributed by atoms with Crippen molar-refractivity contribution in [2.24, 2.45) is 0 Å². The van der Waals surface area contributed by atoms with Gasteiger partial charge < -0.3 is 9.47 Å². The lowest BCUT2D eigenvalue weighted by molar-refractivity contribution is -0.723. The van der Waals surface area contributed by atoms with E-state index in [0.29, 0.717) is 0 Å². The second-order valence-electron chi connectivity index (χ2n) is 9.91. The maximum absolute atomic E-state index is 6.92. The molecule has 0 bridgehead atoms. The molecule has 3 nitrogen and oxygen atoms in total. The molecular weight excluding hydrogens is 394 g/mol. The number of rotatable bonds is 2. The summed E-state index contributed by atoms with van der Waals surface area (Å²) in [5, 5.41) is 1.25. The Morgan fingerprint density at radius 1 is 0.969 bits per heavy atom. The summed E-state index contributed by atoms with van der Waals surface area (Å²) in [5.74, 6) is 0.240. The van der Waals surface area contributed by atoms with Crippen LogP contribution in [0.15, 0.2) is 60.4 Å². The van der Waals surface area contributed by atoms with Crippen LogP contribution in [-0.4, -0.2) is 11.9 Å². The van der Waals surface area contributed by atoms with Gasteiger partial charge >= 0.3 is 0 Å². The molecule has 2 aromatic carbocycles. The highest BCUT2D eigenvalue weighted by Gasteiger charge is 3.00. The molecule has 3 aliphatic rings. The Bertz CT molecular complexity index is 1320. The van der Waals surface area contributed by atoms with Crippen molar-refractivity contribution in [1.29, 1.82) is 0 Å². The van der Waals surface area contributed by atoms with Crippen LogP contribution in [0, 0.1) is 13.8 Å². The van der Waals surface area contributed by atoms with E-state index in [2.05, 4.69) is 101 Å². The minimum absolute atomic E-state index is 0.00873. The molecule has 3 heteroatoms. The summed E-state index contributed by atoms with van der Waals surface area (Å²) >= 11 is 0. The van der Waals surface area contributed by atoms with Crippen LogP contribution in [0.5, 0.6) is 0 Å². The van der Waals surface area contributed by atoms with Gasteiger partial charge in [-0.1, -0.05) is 37.6 Å². The van der Waals surface area contributed by atoms with Gasteiger partial charge in [0.25, 0.3) is 11.3 Å². The smallest absolute Gasteiger partial charge is 0.294 e. The molecule has 0 N–H and O–H groups in total. The Labute approximate surface area is 190 Å². The third kappa shape index (κ3) is 1.96. The lowest BCUT2D eigenvalue weighted by Gasteiger charge is -2.31. The third-order valence-corrected chi connectivity index (χ3v) is 8.32. The third-order valence-electron chi connectivity index (χ3n) is 8.32. The van der Waals surface area contributed by atoms with Crippen molar-refractivity contribution in [3.63, 3.8) is 0 Å². The van der Waals surface area contributed by atoms with E-state index >= 15 is 0 Å². The van der Waals surface area contributed by atoms with E-state index in [4.69, 9.17) is 9.47 Å². The predicted molar refractivity (Wildman–Crippen MR) is 127 cm³/mol. The summed E-state index contributed by atoms with van der Waals surface area (Å²) < 4.78 is 16.4. The number of hydrogen-bond acceptors (Lipinski definition) is 2. The molecule has 0 amide bonds. The Morgan fingerprint density at radius 2 is 1.75 bits per heavy atom. The molecule has 1 saturated carbocycles. The highest BCUT2D eigenvalue weighted by molar-refractivity contribution is 5.81. The van der Waals surface area contributed by atoms with Crippen LogP contribution in [0.25, 0.3) is 22.2 Å². The van der Waals surface area contributed by atoms with Gasteiger partial charge in [-0.25, -0.2) is 0 Å². The highest BCUT2D eigenvalue weighted by Crippen LogP contribution is 2.78. The average molecular weight is 427 g/mol. The maximum Gasteiger partial charge on any atom is 0.294 e. The van der Waals surface area contributed by atoms with Crippen LogP contribution in [0.2, 0.25) is 0 Å². The molecule has 6 rings (SSSR count). The summed E-state index contributed by atoms with van der Waals surface area (Å²) in [6.07, 6.45) is 3.99. The van der Waals surface area contributed by atoms with Crippen molar-refractivity contribution in [3.8, 4) is 11.3 Å². The Hall–Kier alpha value is -2.65. The van der Waals surface area contributed by atoms with E-state index in [1.54, 1.807) is 0 Å². The molecule has 3 heterocycles. The molecule has 1 fully saturated rings. The Balaban J connectivity index is 1.83. The molecule has 0 radical (unpaired) electrons. The van der Waals surface area contributed by atoms with Gasteiger partial charge in [0, 0.05) is 23.9 Å². The first-order chi connectivity index (χ1) is 15.4. The molecule has 4 atom stereocenters. The van der Waals surface area contributed by atoms with Crippen LogP contribution >= 0.6 is 0 Å². The van der Waals surface area contributed by atoms with Crippen molar-refractivity contribution < 1.29 is 14.0 Å². The first-order valence-corrected chi connectivity index (χ1v) is 12.0. The topological polar surface area (TPSA) is 22.3 Å². The number of benzene rings is 2. The van der Waals surface area contributed by atoms with Crippen LogP contribution in [0.4, 0.5) is 0 Å². The molecule has 1 spiro atoms. The van der Waals surface area contributed by atoms with Gasteiger partial charge in [0.15, 0.2) is 0 Å². The van der Waals surface area contributed by atoms with E-state index in [0.717, 1.165) is 18.6 Å². The summed E-state index contributed by atoms with van der Waals surface area (Å²) in [4.78, 5) is 0. The van der Waals surface area contributed by atoms with Gasteiger partial charge in [0.05, 0.1) is 17.4 Å². The van der Waals surface area contributed by atoms with Crippen LogP contribution in [0.3, 0.4) is 0 Å². The van der Waals surface area contributed by atoms with Crippen molar-refractivity contribution >= 4 is 10.9 Å². The molecule has 2 aliphatic heterocycles. The second kappa shape index (κ2) is 6.23. The normalized spacial score (nSPS) is 32.1.